The van der Waals surface area contributed by atoms with Gasteiger partial charge >= 0.3 is 11.5 Å². The van der Waals surface area contributed by atoms with E-state index >= 15 is 0 Å². The Labute approximate surface area is 122 Å². The number of carboxylic acids is 1. The first-order chi connectivity index (χ1) is 9.76. The summed E-state index contributed by atoms with van der Waals surface area (Å²) in [5.74, 6) is -2.32. The largest absolute Gasteiger partial charge is 0.478 e. The number of alkyl halides is 3. The third kappa shape index (κ3) is 4.13. The minimum absolute atomic E-state index is 0.104. The molecule has 114 valence electrons. The van der Waals surface area contributed by atoms with Gasteiger partial charge in [0.2, 0.25) is 5.91 Å². The van der Waals surface area contributed by atoms with Crippen molar-refractivity contribution >= 4 is 23.6 Å². The molecule has 0 radical (unpaired) electrons. The number of carbonyl (C=O) groups is 2. The summed E-state index contributed by atoms with van der Waals surface area (Å²) in [4.78, 5) is 24.0. The number of carboxylic acid groups (broad SMARTS) is 1. The van der Waals surface area contributed by atoms with Crippen LogP contribution in [-0.4, -0.2) is 39.7 Å². The highest BCUT2D eigenvalue weighted by atomic mass is 32.2. The molecule has 1 N–H and O–H groups in total. The van der Waals surface area contributed by atoms with Gasteiger partial charge < -0.3 is 10.0 Å². The molecule has 1 aliphatic rings. The number of rotatable bonds is 3. The molecule has 1 aromatic carbocycles. The van der Waals surface area contributed by atoms with Crippen molar-refractivity contribution < 1.29 is 27.9 Å². The smallest absolute Gasteiger partial charge is 0.442 e. The summed E-state index contributed by atoms with van der Waals surface area (Å²) in [6, 6.07) is 4.64. The highest BCUT2D eigenvalue weighted by Gasteiger charge is 2.31. The van der Waals surface area contributed by atoms with Gasteiger partial charge in [-0.3, -0.25) is 4.79 Å². The molecule has 0 unspecified atom stereocenters. The number of fused-ring (bicyclic) bond motifs is 1. The molecule has 0 spiro atoms. The van der Waals surface area contributed by atoms with Crippen molar-refractivity contribution in [3.63, 3.8) is 0 Å². The lowest BCUT2D eigenvalue weighted by molar-refractivity contribution is -0.129. The molecule has 1 aliphatic heterocycles. The predicted molar refractivity (Wildman–Crippen MR) is 71.0 cm³/mol. The summed E-state index contributed by atoms with van der Waals surface area (Å²) in [7, 11) is 0. The van der Waals surface area contributed by atoms with E-state index in [4.69, 9.17) is 5.11 Å². The molecule has 1 heterocycles. The van der Waals surface area contributed by atoms with Crippen LogP contribution in [0.25, 0.3) is 0 Å². The SMILES string of the molecule is O=C(O)c1ccc2c(c1)CN(C(=O)CSC(F)(F)F)CC2. The zero-order chi connectivity index (χ0) is 15.6. The number of aromatic carboxylic acids is 1. The van der Waals surface area contributed by atoms with Crippen LogP contribution in [0.2, 0.25) is 0 Å². The summed E-state index contributed by atoms with van der Waals surface area (Å²) in [5, 5.41) is 8.93. The van der Waals surface area contributed by atoms with Gasteiger partial charge in [-0.2, -0.15) is 13.2 Å². The van der Waals surface area contributed by atoms with Crippen LogP contribution in [0.5, 0.6) is 0 Å². The van der Waals surface area contributed by atoms with Crippen LogP contribution in [-0.2, 0) is 17.8 Å². The summed E-state index contributed by atoms with van der Waals surface area (Å²) in [6.07, 6.45) is 0.512. The lowest BCUT2D eigenvalue weighted by Gasteiger charge is -2.29. The molecule has 4 nitrogen and oxygen atoms in total. The van der Waals surface area contributed by atoms with E-state index < -0.39 is 23.1 Å². The molecule has 0 atom stereocenters. The van der Waals surface area contributed by atoms with Crippen molar-refractivity contribution in [1.82, 2.24) is 4.90 Å². The number of nitrogens with zero attached hydrogens (tertiary/aromatic N) is 1. The molecule has 8 heteroatoms. The van der Waals surface area contributed by atoms with Crippen molar-refractivity contribution in [2.24, 2.45) is 0 Å². The van der Waals surface area contributed by atoms with Crippen LogP contribution < -0.4 is 0 Å². The lowest BCUT2D eigenvalue weighted by Crippen LogP contribution is -2.37. The van der Waals surface area contributed by atoms with Gasteiger partial charge in [-0.15, -0.1) is 0 Å². The number of carbonyl (C=O) groups excluding carboxylic acids is 1. The molecular formula is C13H12F3NO3S. The summed E-state index contributed by atoms with van der Waals surface area (Å²) < 4.78 is 36.3. The number of thioether (sulfide) groups is 1. The number of amides is 1. The zero-order valence-electron chi connectivity index (χ0n) is 10.8. The maximum Gasteiger partial charge on any atom is 0.442 e. The molecule has 0 saturated carbocycles. The molecule has 0 aliphatic carbocycles. The predicted octanol–water partition coefficient (Wildman–Crippen LogP) is 2.52. The first-order valence-corrected chi connectivity index (χ1v) is 7.08. The Bertz CT molecular complexity index is 574. The lowest BCUT2D eigenvalue weighted by atomic mass is 9.97. The number of halogens is 3. The first-order valence-electron chi connectivity index (χ1n) is 6.10. The number of hydrogen-bond acceptors (Lipinski definition) is 3. The third-order valence-electron chi connectivity index (χ3n) is 3.18. The van der Waals surface area contributed by atoms with E-state index in [0.29, 0.717) is 18.5 Å². The van der Waals surface area contributed by atoms with E-state index in [9.17, 15) is 22.8 Å². The van der Waals surface area contributed by atoms with Crippen molar-refractivity contribution in [3.05, 3.63) is 34.9 Å². The van der Waals surface area contributed by atoms with Gasteiger partial charge in [-0.25, -0.2) is 4.79 Å². The fraction of sp³-hybridized carbons (Fsp3) is 0.385. The molecule has 0 aromatic heterocycles. The summed E-state index contributed by atoms with van der Waals surface area (Å²) in [5.41, 5.74) is -2.73. The van der Waals surface area contributed by atoms with Crippen LogP contribution in [0.1, 0.15) is 21.5 Å². The Kier molecular flexibility index (Phi) is 4.46. The van der Waals surface area contributed by atoms with Crippen LogP contribution in [0.3, 0.4) is 0 Å². The van der Waals surface area contributed by atoms with E-state index in [1.54, 1.807) is 6.07 Å². The van der Waals surface area contributed by atoms with Crippen LogP contribution >= 0.6 is 11.8 Å². The topological polar surface area (TPSA) is 57.6 Å². The fourth-order valence-corrected chi connectivity index (χ4v) is 2.61. The van der Waals surface area contributed by atoms with Gasteiger partial charge in [0.15, 0.2) is 0 Å². The Balaban J connectivity index is 2.06. The van der Waals surface area contributed by atoms with Crippen LogP contribution in [0.4, 0.5) is 13.2 Å². The molecular weight excluding hydrogens is 307 g/mol. The second-order valence-corrected chi connectivity index (χ2v) is 5.63. The Morgan fingerprint density at radius 1 is 1.29 bits per heavy atom. The fourth-order valence-electron chi connectivity index (χ4n) is 2.14. The average molecular weight is 319 g/mol. The highest BCUT2D eigenvalue weighted by Crippen LogP contribution is 2.30. The Morgan fingerprint density at radius 3 is 2.62 bits per heavy atom. The third-order valence-corrected chi connectivity index (χ3v) is 3.90. The standard InChI is InChI=1S/C13H12F3NO3S/c14-13(15,16)21-7-11(18)17-4-3-8-1-2-9(12(19)20)5-10(8)6-17/h1-2,5H,3-4,6-7H2,(H,19,20). The molecule has 0 fully saturated rings. The second-order valence-electron chi connectivity index (χ2n) is 4.59. The molecule has 0 bridgehead atoms. The maximum atomic E-state index is 12.1. The Hall–Kier alpha value is -1.70. The molecule has 21 heavy (non-hydrogen) atoms. The van der Waals surface area contributed by atoms with Gasteiger partial charge in [0.25, 0.3) is 0 Å². The van der Waals surface area contributed by atoms with Gasteiger partial charge in [0.1, 0.15) is 0 Å². The van der Waals surface area contributed by atoms with E-state index in [0.717, 1.165) is 5.56 Å². The summed E-state index contributed by atoms with van der Waals surface area (Å²) in [6.45, 7) is 0.490. The summed E-state index contributed by atoms with van der Waals surface area (Å²) >= 11 is -0.361. The van der Waals surface area contributed by atoms with Crippen molar-refractivity contribution in [2.75, 3.05) is 12.3 Å². The van der Waals surface area contributed by atoms with E-state index in [1.165, 1.54) is 17.0 Å². The monoisotopic (exact) mass is 319 g/mol. The molecule has 1 amide bonds. The average Bonchev–Trinajstić information content (AvgIpc) is 2.42. The first kappa shape index (κ1) is 15.7. The second kappa shape index (κ2) is 5.97. The van der Waals surface area contributed by atoms with E-state index in [1.807, 2.05) is 0 Å². The van der Waals surface area contributed by atoms with Crippen LogP contribution in [0, 0.1) is 0 Å². The van der Waals surface area contributed by atoms with Crippen LogP contribution in [0.15, 0.2) is 18.2 Å². The van der Waals surface area contributed by atoms with Crippen molar-refractivity contribution in [3.8, 4) is 0 Å². The highest BCUT2D eigenvalue weighted by molar-refractivity contribution is 8.00. The number of hydrogen-bond donors (Lipinski definition) is 1. The minimum atomic E-state index is -4.43. The van der Waals surface area contributed by atoms with Gasteiger partial charge in [0.05, 0.1) is 11.3 Å². The number of benzene rings is 1. The van der Waals surface area contributed by atoms with Gasteiger partial charge in [0, 0.05) is 13.1 Å². The van der Waals surface area contributed by atoms with E-state index in [-0.39, 0.29) is 23.9 Å². The minimum Gasteiger partial charge on any atom is -0.478 e. The van der Waals surface area contributed by atoms with Gasteiger partial charge in [-0.1, -0.05) is 6.07 Å². The van der Waals surface area contributed by atoms with Crippen molar-refractivity contribution in [2.45, 2.75) is 18.5 Å². The molecule has 2 rings (SSSR count). The zero-order valence-corrected chi connectivity index (χ0v) is 11.6. The molecule has 1 aromatic rings. The van der Waals surface area contributed by atoms with Gasteiger partial charge in [-0.05, 0) is 41.4 Å². The Morgan fingerprint density at radius 2 is 2.00 bits per heavy atom. The maximum absolute atomic E-state index is 12.1. The normalized spacial score (nSPS) is 14.7. The van der Waals surface area contributed by atoms with E-state index in [2.05, 4.69) is 0 Å². The van der Waals surface area contributed by atoms with Crippen molar-refractivity contribution in [1.29, 1.82) is 0 Å². The molecule has 0 saturated heterocycles. The quantitative estimate of drug-likeness (QED) is 0.930.